The second-order valence-corrected chi connectivity index (χ2v) is 5.04. The summed E-state index contributed by atoms with van der Waals surface area (Å²) in [6.45, 7) is 4.97. The number of amides is 1. The Bertz CT molecular complexity index is 741. The summed E-state index contributed by atoms with van der Waals surface area (Å²) >= 11 is 0. The summed E-state index contributed by atoms with van der Waals surface area (Å²) in [6.07, 6.45) is 0. The molecule has 23 heavy (non-hydrogen) atoms. The molecule has 1 amide bonds. The first-order valence-electron chi connectivity index (χ1n) is 7.14. The second-order valence-electron chi connectivity index (χ2n) is 5.04. The highest BCUT2D eigenvalue weighted by Crippen LogP contribution is 2.32. The standard InChI is InChI=1S/C17H17N3O3/c1-11(13-4-7-15-16(10-13)23-9-8-22-15)19-20-17(21)12-2-5-14(18)6-3-12/h2-7,10,19H,1,8-9,18H2,(H,20,21). The zero-order valence-corrected chi connectivity index (χ0v) is 12.5. The topological polar surface area (TPSA) is 85.6 Å². The van der Waals surface area contributed by atoms with Crippen LogP contribution in [0.25, 0.3) is 5.70 Å². The van der Waals surface area contributed by atoms with Gasteiger partial charge in [-0.05, 0) is 42.5 Å². The Morgan fingerprint density at radius 3 is 2.35 bits per heavy atom. The SMILES string of the molecule is C=C(NNC(=O)c1ccc(N)cc1)c1ccc2c(c1)OCCO2. The molecule has 3 rings (SSSR count). The summed E-state index contributed by atoms with van der Waals surface area (Å²) in [4.78, 5) is 12.0. The molecular weight excluding hydrogens is 294 g/mol. The monoisotopic (exact) mass is 311 g/mol. The molecule has 0 spiro atoms. The molecule has 1 heterocycles. The first-order chi connectivity index (χ1) is 11.1. The molecule has 4 N–H and O–H groups in total. The molecule has 0 saturated carbocycles. The lowest BCUT2D eigenvalue weighted by Crippen LogP contribution is -2.35. The third-order valence-corrected chi connectivity index (χ3v) is 3.39. The molecule has 1 aliphatic heterocycles. The van der Waals surface area contributed by atoms with Crippen LogP contribution in [-0.4, -0.2) is 19.1 Å². The van der Waals surface area contributed by atoms with Crippen molar-refractivity contribution in [1.29, 1.82) is 0 Å². The molecule has 0 fully saturated rings. The van der Waals surface area contributed by atoms with E-state index >= 15 is 0 Å². The summed E-state index contributed by atoms with van der Waals surface area (Å²) < 4.78 is 11.0. The molecule has 0 aromatic heterocycles. The summed E-state index contributed by atoms with van der Waals surface area (Å²) in [5.41, 5.74) is 13.4. The van der Waals surface area contributed by atoms with Crippen LogP contribution < -0.4 is 26.1 Å². The van der Waals surface area contributed by atoms with Crippen molar-refractivity contribution in [3.8, 4) is 11.5 Å². The lowest BCUT2D eigenvalue weighted by atomic mass is 10.1. The molecule has 0 bridgehead atoms. The van der Waals surface area contributed by atoms with Gasteiger partial charge >= 0.3 is 0 Å². The van der Waals surface area contributed by atoms with Crippen LogP contribution in [0.3, 0.4) is 0 Å². The summed E-state index contributed by atoms with van der Waals surface area (Å²) in [5, 5.41) is 0. The van der Waals surface area contributed by atoms with E-state index in [1.807, 2.05) is 18.2 Å². The van der Waals surface area contributed by atoms with Crippen LogP contribution in [0.5, 0.6) is 11.5 Å². The van der Waals surface area contributed by atoms with Crippen molar-refractivity contribution in [3.05, 3.63) is 60.2 Å². The fourth-order valence-corrected chi connectivity index (χ4v) is 2.14. The molecule has 0 unspecified atom stereocenters. The zero-order chi connectivity index (χ0) is 16.2. The van der Waals surface area contributed by atoms with E-state index in [9.17, 15) is 4.79 Å². The van der Waals surface area contributed by atoms with Crippen LogP contribution in [0, 0.1) is 0 Å². The number of fused-ring (bicyclic) bond motifs is 1. The van der Waals surface area contributed by atoms with E-state index in [-0.39, 0.29) is 5.91 Å². The second kappa shape index (κ2) is 6.31. The van der Waals surface area contributed by atoms with Crippen molar-refractivity contribution in [2.45, 2.75) is 0 Å². The van der Waals surface area contributed by atoms with Crippen molar-refractivity contribution < 1.29 is 14.3 Å². The van der Waals surface area contributed by atoms with Gasteiger partial charge in [0.15, 0.2) is 11.5 Å². The van der Waals surface area contributed by atoms with Crippen LogP contribution in [-0.2, 0) is 0 Å². The van der Waals surface area contributed by atoms with Crippen LogP contribution in [0.15, 0.2) is 49.0 Å². The summed E-state index contributed by atoms with van der Waals surface area (Å²) in [6, 6.07) is 12.1. The maximum atomic E-state index is 12.0. The Morgan fingerprint density at radius 2 is 1.61 bits per heavy atom. The van der Waals surface area contributed by atoms with Crippen molar-refractivity contribution >= 4 is 17.3 Å². The van der Waals surface area contributed by atoms with E-state index in [0.717, 1.165) is 5.56 Å². The van der Waals surface area contributed by atoms with Gasteiger partial charge in [0.1, 0.15) is 13.2 Å². The Kier molecular flexibility index (Phi) is 4.05. The maximum Gasteiger partial charge on any atom is 0.269 e. The normalized spacial score (nSPS) is 12.3. The lowest BCUT2D eigenvalue weighted by molar-refractivity contribution is 0.0942. The van der Waals surface area contributed by atoms with Crippen molar-refractivity contribution in [1.82, 2.24) is 10.9 Å². The predicted octanol–water partition coefficient (Wildman–Crippen LogP) is 1.95. The van der Waals surface area contributed by atoms with E-state index in [0.29, 0.717) is 41.7 Å². The lowest BCUT2D eigenvalue weighted by Gasteiger charge is -2.19. The minimum atomic E-state index is -0.274. The van der Waals surface area contributed by atoms with Gasteiger partial charge in [-0.15, -0.1) is 0 Å². The number of nitrogen functional groups attached to an aromatic ring is 1. The highest BCUT2D eigenvalue weighted by Gasteiger charge is 2.13. The zero-order valence-electron chi connectivity index (χ0n) is 12.5. The first kappa shape index (κ1) is 14.8. The quantitative estimate of drug-likeness (QED) is 0.593. The van der Waals surface area contributed by atoms with E-state index < -0.39 is 0 Å². The van der Waals surface area contributed by atoms with Crippen LogP contribution in [0.4, 0.5) is 5.69 Å². The summed E-state index contributed by atoms with van der Waals surface area (Å²) in [7, 11) is 0. The predicted molar refractivity (Wildman–Crippen MR) is 87.9 cm³/mol. The van der Waals surface area contributed by atoms with Gasteiger partial charge in [0.2, 0.25) is 0 Å². The molecule has 1 aliphatic rings. The molecule has 118 valence electrons. The number of benzene rings is 2. The van der Waals surface area contributed by atoms with Crippen molar-refractivity contribution in [2.75, 3.05) is 18.9 Å². The number of hydrogen-bond acceptors (Lipinski definition) is 5. The average Bonchev–Trinajstić information content (AvgIpc) is 2.59. The number of rotatable bonds is 4. The fraction of sp³-hybridized carbons (Fsp3) is 0.118. The van der Waals surface area contributed by atoms with Gasteiger partial charge in [0.05, 0.1) is 5.70 Å². The number of anilines is 1. The number of carbonyl (C=O) groups is 1. The maximum absolute atomic E-state index is 12.0. The molecule has 6 heteroatoms. The first-order valence-corrected chi connectivity index (χ1v) is 7.14. The van der Waals surface area contributed by atoms with Gasteiger partial charge in [0, 0.05) is 16.8 Å². The van der Waals surface area contributed by atoms with Gasteiger partial charge in [-0.1, -0.05) is 6.58 Å². The van der Waals surface area contributed by atoms with E-state index in [1.54, 1.807) is 24.3 Å². The smallest absolute Gasteiger partial charge is 0.269 e. The van der Waals surface area contributed by atoms with Gasteiger partial charge in [-0.25, -0.2) is 0 Å². The third kappa shape index (κ3) is 3.37. The molecular formula is C17H17N3O3. The molecule has 0 saturated heterocycles. The molecule has 2 aromatic carbocycles. The van der Waals surface area contributed by atoms with Crippen LogP contribution in [0.2, 0.25) is 0 Å². The van der Waals surface area contributed by atoms with Crippen LogP contribution >= 0.6 is 0 Å². The number of nitrogens with one attached hydrogen (secondary N) is 2. The number of hydrazine groups is 1. The van der Waals surface area contributed by atoms with Crippen molar-refractivity contribution in [2.24, 2.45) is 0 Å². The van der Waals surface area contributed by atoms with Crippen LogP contribution in [0.1, 0.15) is 15.9 Å². The molecule has 6 nitrogen and oxygen atoms in total. The number of nitrogens with two attached hydrogens (primary N) is 1. The Hall–Kier alpha value is -3.15. The molecule has 0 atom stereocenters. The van der Waals surface area contributed by atoms with Gasteiger partial charge in [-0.3, -0.25) is 15.6 Å². The highest BCUT2D eigenvalue weighted by molar-refractivity contribution is 5.94. The summed E-state index contributed by atoms with van der Waals surface area (Å²) in [5.74, 6) is 1.10. The minimum Gasteiger partial charge on any atom is -0.486 e. The van der Waals surface area contributed by atoms with Crippen molar-refractivity contribution in [3.63, 3.8) is 0 Å². The highest BCUT2D eigenvalue weighted by atomic mass is 16.6. The molecule has 0 radical (unpaired) electrons. The molecule has 0 aliphatic carbocycles. The Labute approximate surface area is 133 Å². The largest absolute Gasteiger partial charge is 0.486 e. The van der Waals surface area contributed by atoms with E-state index in [2.05, 4.69) is 17.4 Å². The number of ether oxygens (including phenoxy) is 2. The van der Waals surface area contributed by atoms with Gasteiger partial charge < -0.3 is 15.2 Å². The van der Waals surface area contributed by atoms with E-state index in [4.69, 9.17) is 15.2 Å². The minimum absolute atomic E-state index is 0.274. The van der Waals surface area contributed by atoms with E-state index in [1.165, 1.54) is 0 Å². The fourth-order valence-electron chi connectivity index (χ4n) is 2.14. The van der Waals surface area contributed by atoms with Gasteiger partial charge in [0.25, 0.3) is 5.91 Å². The molecule has 2 aromatic rings. The Morgan fingerprint density at radius 1 is 0.957 bits per heavy atom. The van der Waals surface area contributed by atoms with Gasteiger partial charge in [-0.2, -0.15) is 0 Å². The number of hydrogen-bond donors (Lipinski definition) is 3. The third-order valence-electron chi connectivity index (χ3n) is 3.39. The number of carbonyl (C=O) groups excluding carboxylic acids is 1. The Balaban J connectivity index is 1.63. The average molecular weight is 311 g/mol.